The van der Waals surface area contributed by atoms with E-state index >= 15 is 0 Å². The number of rotatable bonds is 6. The molecule has 0 aliphatic carbocycles. The Bertz CT molecular complexity index is 909. The molecule has 31 heavy (non-hydrogen) atoms. The number of benzene rings is 1. The number of esters is 1. The first-order chi connectivity index (χ1) is 14.6. The fourth-order valence-electron chi connectivity index (χ4n) is 4.08. The van der Waals surface area contributed by atoms with Gasteiger partial charge in [-0.25, -0.2) is 4.98 Å². The smallest absolute Gasteiger partial charge is 0.425 e. The standard InChI is InChI=1S/C21H27F3N4O3/c1-15-6-4-5-7-17(15)28-12-10-27(11-13-28)14-16(18(29)31-3)20(30,21(22,23)24)19-25-8-9-26(19)2/h4-9,16,30H,10-14H2,1-3H3/t16-,20+/m1/s1. The van der Waals surface area contributed by atoms with Gasteiger partial charge in [-0.15, -0.1) is 0 Å². The summed E-state index contributed by atoms with van der Waals surface area (Å²) >= 11 is 0. The number of ether oxygens (including phenoxy) is 1. The summed E-state index contributed by atoms with van der Waals surface area (Å²) in [7, 11) is 2.36. The van der Waals surface area contributed by atoms with Crippen LogP contribution in [0.3, 0.4) is 0 Å². The van der Waals surface area contributed by atoms with E-state index in [4.69, 9.17) is 0 Å². The molecule has 1 fully saturated rings. The Morgan fingerprint density at radius 1 is 1.23 bits per heavy atom. The molecule has 1 saturated heterocycles. The predicted octanol–water partition coefficient (Wildman–Crippen LogP) is 2.09. The number of carbonyl (C=O) groups is 1. The minimum absolute atomic E-state index is 0.308. The molecule has 2 heterocycles. The predicted molar refractivity (Wildman–Crippen MR) is 108 cm³/mol. The molecule has 1 aromatic carbocycles. The molecule has 2 aromatic rings. The Kier molecular flexibility index (Phi) is 6.61. The zero-order chi connectivity index (χ0) is 22.8. The third-order valence-corrected chi connectivity index (χ3v) is 5.85. The number of halogens is 3. The number of nitrogens with zero attached hydrogens (tertiary/aromatic N) is 4. The van der Waals surface area contributed by atoms with Gasteiger partial charge in [-0.2, -0.15) is 13.2 Å². The highest BCUT2D eigenvalue weighted by atomic mass is 19.4. The van der Waals surface area contributed by atoms with E-state index in [-0.39, 0.29) is 6.54 Å². The second-order valence-electron chi connectivity index (χ2n) is 7.78. The molecule has 3 rings (SSSR count). The number of hydrogen-bond acceptors (Lipinski definition) is 6. The molecule has 1 aliphatic heterocycles. The largest absolute Gasteiger partial charge is 0.469 e. The van der Waals surface area contributed by atoms with Crippen molar-refractivity contribution < 1.29 is 27.8 Å². The lowest BCUT2D eigenvalue weighted by Gasteiger charge is -2.41. The minimum atomic E-state index is -5.13. The van der Waals surface area contributed by atoms with Crippen molar-refractivity contribution in [3.8, 4) is 0 Å². The lowest BCUT2D eigenvalue weighted by molar-refractivity contribution is -0.291. The van der Waals surface area contributed by atoms with E-state index in [0.29, 0.717) is 26.2 Å². The molecule has 10 heteroatoms. The average Bonchev–Trinajstić information content (AvgIpc) is 3.17. The van der Waals surface area contributed by atoms with Crippen molar-refractivity contribution >= 4 is 11.7 Å². The van der Waals surface area contributed by atoms with Crippen LogP contribution in [-0.2, 0) is 22.2 Å². The van der Waals surface area contributed by atoms with E-state index in [1.54, 1.807) is 4.90 Å². The summed E-state index contributed by atoms with van der Waals surface area (Å²) in [6.07, 6.45) is -2.68. The van der Waals surface area contributed by atoms with Crippen LogP contribution >= 0.6 is 0 Å². The van der Waals surface area contributed by atoms with Gasteiger partial charge in [-0.05, 0) is 18.6 Å². The molecule has 2 atom stereocenters. The molecule has 1 N–H and O–H groups in total. The minimum Gasteiger partial charge on any atom is -0.469 e. The molecule has 1 aliphatic rings. The number of methoxy groups -OCH3 is 1. The van der Waals surface area contributed by atoms with Crippen LogP contribution in [0, 0.1) is 12.8 Å². The van der Waals surface area contributed by atoms with Gasteiger partial charge >= 0.3 is 12.1 Å². The van der Waals surface area contributed by atoms with Crippen molar-refractivity contribution in [3.05, 3.63) is 48.0 Å². The van der Waals surface area contributed by atoms with Crippen LogP contribution < -0.4 is 4.90 Å². The molecule has 0 radical (unpaired) electrons. The normalized spacial score (nSPS) is 18.5. The number of anilines is 1. The van der Waals surface area contributed by atoms with Gasteiger partial charge in [0.2, 0.25) is 5.60 Å². The Labute approximate surface area is 179 Å². The van der Waals surface area contributed by atoms with Crippen molar-refractivity contribution in [1.29, 1.82) is 0 Å². The second-order valence-corrected chi connectivity index (χ2v) is 7.78. The van der Waals surface area contributed by atoms with Crippen LogP contribution in [0.25, 0.3) is 0 Å². The van der Waals surface area contributed by atoms with Crippen LogP contribution in [0.2, 0.25) is 0 Å². The Hall–Kier alpha value is -2.59. The number of aromatic nitrogens is 2. The van der Waals surface area contributed by atoms with Gasteiger partial charge in [0, 0.05) is 57.9 Å². The highest BCUT2D eigenvalue weighted by molar-refractivity contribution is 5.74. The monoisotopic (exact) mass is 440 g/mol. The van der Waals surface area contributed by atoms with E-state index in [0.717, 1.165) is 29.1 Å². The molecule has 0 spiro atoms. The van der Waals surface area contributed by atoms with Gasteiger partial charge in [-0.1, -0.05) is 18.2 Å². The third kappa shape index (κ3) is 4.40. The number of alkyl halides is 3. The zero-order valence-corrected chi connectivity index (χ0v) is 17.8. The number of aryl methyl sites for hydroxylation is 2. The van der Waals surface area contributed by atoms with Crippen molar-refractivity contribution in [2.45, 2.75) is 18.7 Å². The summed E-state index contributed by atoms with van der Waals surface area (Å²) in [6, 6.07) is 7.90. The molecular weight excluding hydrogens is 413 g/mol. The summed E-state index contributed by atoms with van der Waals surface area (Å²) in [5.74, 6) is -3.67. The van der Waals surface area contributed by atoms with Gasteiger partial charge in [0.15, 0.2) is 5.82 Å². The van der Waals surface area contributed by atoms with E-state index in [2.05, 4.69) is 14.6 Å². The van der Waals surface area contributed by atoms with Crippen molar-refractivity contribution in [2.24, 2.45) is 13.0 Å². The van der Waals surface area contributed by atoms with Gasteiger partial charge < -0.3 is 19.3 Å². The Morgan fingerprint density at radius 3 is 2.39 bits per heavy atom. The lowest BCUT2D eigenvalue weighted by Crippen LogP contribution is -2.58. The van der Waals surface area contributed by atoms with Crippen LogP contribution in [0.5, 0.6) is 0 Å². The molecule has 0 bridgehead atoms. The molecule has 1 aromatic heterocycles. The van der Waals surface area contributed by atoms with E-state index in [1.807, 2.05) is 31.2 Å². The molecule has 7 nitrogen and oxygen atoms in total. The first-order valence-corrected chi connectivity index (χ1v) is 9.97. The highest BCUT2D eigenvalue weighted by Crippen LogP contribution is 2.44. The van der Waals surface area contributed by atoms with Gasteiger partial charge in [-0.3, -0.25) is 9.69 Å². The summed E-state index contributed by atoms with van der Waals surface area (Å²) in [6.45, 7) is 3.76. The first kappa shape index (κ1) is 23.1. The maximum Gasteiger partial charge on any atom is 0.425 e. The van der Waals surface area contributed by atoms with Crippen LogP contribution in [0.1, 0.15) is 11.4 Å². The SMILES string of the molecule is COC(=O)[C@@H](CN1CCN(c2ccccc2C)CC1)[C@](O)(c1nccn1C)C(F)(F)F. The fourth-order valence-corrected chi connectivity index (χ4v) is 4.08. The summed E-state index contributed by atoms with van der Waals surface area (Å²) < 4.78 is 48.2. The maximum atomic E-state index is 14.1. The van der Waals surface area contributed by atoms with Crippen LogP contribution in [0.4, 0.5) is 18.9 Å². The van der Waals surface area contributed by atoms with Gasteiger partial charge in [0.25, 0.3) is 0 Å². The van der Waals surface area contributed by atoms with Crippen LogP contribution in [-0.4, -0.2) is 71.5 Å². The summed E-state index contributed by atoms with van der Waals surface area (Å²) in [5.41, 5.74) is -1.29. The summed E-state index contributed by atoms with van der Waals surface area (Å²) in [5, 5.41) is 10.9. The number of carbonyl (C=O) groups excluding carboxylic acids is 1. The van der Waals surface area contributed by atoms with Crippen molar-refractivity contribution in [2.75, 3.05) is 44.7 Å². The average molecular weight is 440 g/mol. The summed E-state index contributed by atoms with van der Waals surface area (Å²) in [4.78, 5) is 20.1. The number of piperazine rings is 1. The number of para-hydroxylation sites is 1. The topological polar surface area (TPSA) is 70.8 Å². The first-order valence-electron chi connectivity index (χ1n) is 9.97. The number of hydrogen-bond donors (Lipinski definition) is 1. The molecule has 0 unspecified atom stereocenters. The fraction of sp³-hybridized carbons (Fsp3) is 0.524. The van der Waals surface area contributed by atoms with Gasteiger partial charge in [0.05, 0.1) is 7.11 Å². The molecule has 0 amide bonds. The van der Waals surface area contributed by atoms with Crippen molar-refractivity contribution in [1.82, 2.24) is 14.5 Å². The third-order valence-electron chi connectivity index (χ3n) is 5.85. The Balaban J connectivity index is 1.83. The Morgan fingerprint density at radius 2 is 1.87 bits per heavy atom. The van der Waals surface area contributed by atoms with E-state index in [9.17, 15) is 23.1 Å². The molecular formula is C21H27F3N4O3. The number of imidazole rings is 1. The van der Waals surface area contributed by atoms with E-state index in [1.165, 1.54) is 13.2 Å². The molecule has 170 valence electrons. The zero-order valence-electron chi connectivity index (χ0n) is 17.8. The second kappa shape index (κ2) is 8.88. The lowest BCUT2D eigenvalue weighted by atomic mass is 9.84. The molecule has 0 saturated carbocycles. The van der Waals surface area contributed by atoms with Gasteiger partial charge in [0.1, 0.15) is 5.92 Å². The van der Waals surface area contributed by atoms with E-state index < -0.39 is 29.5 Å². The highest BCUT2D eigenvalue weighted by Gasteiger charge is 2.65. The number of aliphatic hydroxyl groups is 1. The van der Waals surface area contributed by atoms with Crippen LogP contribution in [0.15, 0.2) is 36.7 Å². The van der Waals surface area contributed by atoms with Crippen molar-refractivity contribution in [3.63, 3.8) is 0 Å². The maximum absolute atomic E-state index is 14.1. The quantitative estimate of drug-likeness (QED) is 0.694.